The highest BCUT2D eigenvalue weighted by Gasteiger charge is 2.65. The van der Waals surface area contributed by atoms with Crippen LogP contribution in [0.25, 0.3) is 0 Å². The fraction of sp³-hybridized carbons (Fsp3) is 0.174. The predicted octanol–water partition coefficient (Wildman–Crippen LogP) is 3.50. The van der Waals surface area contributed by atoms with Gasteiger partial charge in [0.25, 0.3) is 0 Å². The van der Waals surface area contributed by atoms with Crippen LogP contribution < -0.4 is 5.32 Å². The molecule has 4 rings (SSSR count). The summed E-state index contributed by atoms with van der Waals surface area (Å²) >= 11 is 6.25. The molecule has 0 saturated carbocycles. The van der Waals surface area contributed by atoms with Gasteiger partial charge in [0.2, 0.25) is 29.7 Å². The van der Waals surface area contributed by atoms with Gasteiger partial charge in [-0.3, -0.25) is 4.79 Å². The molecule has 3 aromatic carbocycles. The summed E-state index contributed by atoms with van der Waals surface area (Å²) in [4.78, 5) is 12.2. The Morgan fingerprint density at radius 2 is 1.12 bits per heavy atom. The van der Waals surface area contributed by atoms with Gasteiger partial charge in [-0.05, 0) is 29.8 Å². The van der Waals surface area contributed by atoms with Crippen LogP contribution in [0.15, 0.2) is 101 Å². The van der Waals surface area contributed by atoms with Gasteiger partial charge >= 0.3 is 0 Å². The predicted molar refractivity (Wildman–Crippen MR) is 122 cm³/mol. The highest BCUT2D eigenvalue weighted by Crippen LogP contribution is 2.50. The highest BCUT2D eigenvalue weighted by atomic mass is 35.5. The van der Waals surface area contributed by atoms with Gasteiger partial charge in [0.05, 0.1) is 15.8 Å². The molecule has 6 nitrogen and oxygen atoms in total. The van der Waals surface area contributed by atoms with Crippen LogP contribution in [0, 0.1) is 0 Å². The molecule has 0 spiro atoms. The lowest BCUT2D eigenvalue weighted by molar-refractivity contribution is -0.123. The van der Waals surface area contributed by atoms with Gasteiger partial charge in [0.15, 0.2) is 0 Å². The maximum Gasteiger partial charge on any atom is 0.238 e. The number of rotatable bonds is 5. The monoisotopic (exact) mass is 489 g/mol. The van der Waals surface area contributed by atoms with Crippen molar-refractivity contribution in [3.8, 4) is 0 Å². The normalized spacial score (nSPS) is 21.0. The van der Waals surface area contributed by atoms with Crippen LogP contribution in [0.1, 0.15) is 18.0 Å². The second kappa shape index (κ2) is 8.35. The number of nitrogens with one attached hydrogen (secondary N) is 1. The zero-order valence-corrected chi connectivity index (χ0v) is 19.1. The lowest BCUT2D eigenvalue weighted by Gasteiger charge is -2.44. The molecule has 1 amide bonds. The molecule has 1 aliphatic rings. The van der Waals surface area contributed by atoms with E-state index in [0.717, 1.165) is 0 Å². The molecule has 0 bridgehead atoms. The lowest BCUT2D eigenvalue weighted by atomic mass is 9.95. The SMILES string of the molecule is O=C1N[C@@H](c2ccccc2)C(S(=O)(=O)c2ccccc2)(S(=O)(=O)c2ccccc2)C[C@H]1Cl. The number of hydrogen-bond acceptors (Lipinski definition) is 5. The number of piperidine rings is 1. The molecule has 2 atom stereocenters. The highest BCUT2D eigenvalue weighted by molar-refractivity contribution is 8.10. The van der Waals surface area contributed by atoms with Gasteiger partial charge in [-0.25, -0.2) is 16.8 Å². The third-order valence-corrected chi connectivity index (χ3v) is 11.7. The number of amides is 1. The number of benzene rings is 3. The molecule has 0 aliphatic carbocycles. The molecule has 0 aromatic heterocycles. The van der Waals surface area contributed by atoms with Crippen molar-refractivity contribution < 1.29 is 21.6 Å². The van der Waals surface area contributed by atoms with E-state index in [1.54, 1.807) is 42.5 Å². The fourth-order valence-electron chi connectivity index (χ4n) is 4.06. The van der Waals surface area contributed by atoms with Crippen LogP contribution in [-0.2, 0) is 24.5 Å². The summed E-state index contributed by atoms with van der Waals surface area (Å²) in [5, 5.41) is 1.24. The van der Waals surface area contributed by atoms with Crippen LogP contribution in [-0.4, -0.2) is 32.2 Å². The van der Waals surface area contributed by atoms with Gasteiger partial charge in [0.1, 0.15) is 5.38 Å². The second-order valence-electron chi connectivity index (χ2n) is 7.47. The van der Waals surface area contributed by atoms with Gasteiger partial charge in [-0.2, -0.15) is 0 Å². The van der Waals surface area contributed by atoms with E-state index in [1.807, 2.05) is 0 Å². The Morgan fingerprint density at radius 3 is 1.56 bits per heavy atom. The van der Waals surface area contributed by atoms with E-state index in [2.05, 4.69) is 5.32 Å². The number of carbonyl (C=O) groups excluding carboxylic acids is 1. The third-order valence-electron chi connectivity index (χ3n) is 5.62. The summed E-state index contributed by atoms with van der Waals surface area (Å²) in [6.07, 6.45) is -0.603. The summed E-state index contributed by atoms with van der Waals surface area (Å²) < 4.78 is 54.2. The minimum absolute atomic E-state index is 0.166. The van der Waals surface area contributed by atoms with Crippen LogP contribution >= 0.6 is 11.6 Å². The average Bonchev–Trinajstić information content (AvgIpc) is 2.82. The molecule has 1 saturated heterocycles. The molecule has 32 heavy (non-hydrogen) atoms. The number of carbonyl (C=O) groups is 1. The number of hydrogen-bond donors (Lipinski definition) is 1. The lowest BCUT2D eigenvalue weighted by Crippen LogP contribution is -2.62. The van der Waals surface area contributed by atoms with Crippen molar-refractivity contribution in [1.29, 1.82) is 0 Å². The van der Waals surface area contributed by atoms with E-state index >= 15 is 0 Å². The quantitative estimate of drug-likeness (QED) is 0.553. The maximum atomic E-state index is 14.2. The van der Waals surface area contributed by atoms with E-state index in [-0.39, 0.29) is 9.79 Å². The maximum absolute atomic E-state index is 14.2. The van der Waals surface area contributed by atoms with Gasteiger partial charge < -0.3 is 5.32 Å². The molecule has 3 aromatic rings. The Labute approximate surface area is 192 Å². The van der Waals surface area contributed by atoms with Crippen molar-refractivity contribution in [3.05, 3.63) is 96.6 Å². The first kappa shape index (κ1) is 22.5. The van der Waals surface area contributed by atoms with Crippen molar-refractivity contribution in [3.63, 3.8) is 0 Å². The fourth-order valence-corrected chi connectivity index (χ4v) is 9.89. The van der Waals surface area contributed by atoms with Gasteiger partial charge in [-0.15, -0.1) is 11.6 Å². The zero-order chi connectivity index (χ0) is 23.0. The molecule has 1 N–H and O–H groups in total. The van der Waals surface area contributed by atoms with Crippen LogP contribution in [0.3, 0.4) is 0 Å². The Bertz CT molecular complexity index is 1260. The van der Waals surface area contributed by atoms with E-state index < -0.39 is 47.5 Å². The molecule has 1 fully saturated rings. The van der Waals surface area contributed by atoms with Crippen molar-refractivity contribution >= 4 is 37.2 Å². The summed E-state index contributed by atoms with van der Waals surface area (Å²) in [6.45, 7) is 0. The van der Waals surface area contributed by atoms with Gasteiger partial charge in [-0.1, -0.05) is 66.7 Å². The standard InChI is InChI=1S/C23H20ClNO5S2/c24-20-16-23(31(27,28)18-12-6-2-7-13-18,32(29,30)19-14-8-3-9-15-19)21(25-22(20)26)17-10-4-1-5-11-17/h1-15,20-21H,16H2,(H,25,26)/t20-,21+/m1/s1. The topological polar surface area (TPSA) is 97.4 Å². The third kappa shape index (κ3) is 3.43. The van der Waals surface area contributed by atoms with Crippen molar-refractivity contribution in [2.45, 2.75) is 31.7 Å². The first-order valence-corrected chi connectivity index (χ1v) is 13.2. The van der Waals surface area contributed by atoms with E-state index in [9.17, 15) is 21.6 Å². The smallest absolute Gasteiger partial charge is 0.238 e. The van der Waals surface area contributed by atoms with E-state index in [4.69, 9.17) is 11.6 Å². The van der Waals surface area contributed by atoms with Crippen molar-refractivity contribution in [1.82, 2.24) is 5.32 Å². The van der Waals surface area contributed by atoms with E-state index in [1.165, 1.54) is 48.5 Å². The summed E-state index contributed by atoms with van der Waals surface area (Å²) in [7, 11) is -9.14. The van der Waals surface area contributed by atoms with Crippen molar-refractivity contribution in [2.24, 2.45) is 0 Å². The van der Waals surface area contributed by atoms with Crippen LogP contribution in [0.2, 0.25) is 0 Å². The molecule has 0 unspecified atom stereocenters. The number of sulfone groups is 2. The Balaban J connectivity index is 2.10. The van der Waals surface area contributed by atoms with Crippen LogP contribution in [0.4, 0.5) is 0 Å². The second-order valence-corrected chi connectivity index (χ2v) is 12.7. The molecule has 1 aliphatic heterocycles. The average molecular weight is 490 g/mol. The zero-order valence-electron chi connectivity index (χ0n) is 16.8. The minimum atomic E-state index is -4.57. The molecule has 1 heterocycles. The molecular weight excluding hydrogens is 470 g/mol. The van der Waals surface area contributed by atoms with Gasteiger partial charge in [0, 0.05) is 6.42 Å². The Kier molecular flexibility index (Phi) is 5.87. The summed E-state index contributed by atoms with van der Waals surface area (Å²) in [5.74, 6) is -0.623. The first-order chi connectivity index (χ1) is 15.2. The Hall–Kier alpha value is -2.68. The van der Waals surface area contributed by atoms with Crippen molar-refractivity contribution in [2.75, 3.05) is 0 Å². The molecule has 166 valence electrons. The number of alkyl halides is 1. The molecular formula is C23H20ClNO5S2. The molecule has 0 radical (unpaired) electrons. The van der Waals surface area contributed by atoms with E-state index in [0.29, 0.717) is 5.56 Å². The minimum Gasteiger partial charge on any atom is -0.345 e. The largest absolute Gasteiger partial charge is 0.345 e. The Morgan fingerprint density at radius 1 is 0.719 bits per heavy atom. The number of halogens is 1. The molecule has 9 heteroatoms. The summed E-state index contributed by atoms with van der Waals surface area (Å²) in [6, 6.07) is 21.6. The van der Waals surface area contributed by atoms with Crippen LogP contribution in [0.5, 0.6) is 0 Å². The summed E-state index contributed by atoms with van der Waals surface area (Å²) in [5.41, 5.74) is 0.350. The first-order valence-electron chi connectivity index (χ1n) is 9.80.